The lowest BCUT2D eigenvalue weighted by molar-refractivity contribution is 0.193. The Morgan fingerprint density at radius 2 is 2.25 bits per heavy atom. The molecule has 2 aliphatic heterocycles. The van der Waals surface area contributed by atoms with Crippen molar-refractivity contribution in [3.05, 3.63) is 24.3 Å². The highest BCUT2D eigenvalue weighted by Gasteiger charge is 2.25. The third kappa shape index (κ3) is 1.76. The van der Waals surface area contributed by atoms with Crippen LogP contribution in [0, 0.1) is 0 Å². The van der Waals surface area contributed by atoms with Crippen molar-refractivity contribution >= 4 is 11.4 Å². The van der Waals surface area contributed by atoms with Crippen molar-refractivity contribution in [1.29, 1.82) is 0 Å². The maximum atomic E-state index is 5.50. The van der Waals surface area contributed by atoms with Gasteiger partial charge in [0, 0.05) is 19.7 Å². The second kappa shape index (κ2) is 4.34. The van der Waals surface area contributed by atoms with Crippen molar-refractivity contribution in [2.75, 3.05) is 36.5 Å². The van der Waals surface area contributed by atoms with E-state index in [2.05, 4.69) is 34.5 Å². The predicted molar refractivity (Wildman–Crippen MR) is 66.1 cm³/mol. The summed E-state index contributed by atoms with van der Waals surface area (Å²) in [6, 6.07) is 9.17. The predicted octanol–water partition coefficient (Wildman–Crippen LogP) is 2.10. The number of benzene rings is 1. The number of nitrogens with one attached hydrogen (secondary N) is 1. The molecule has 16 heavy (non-hydrogen) atoms. The number of hydrogen-bond acceptors (Lipinski definition) is 3. The van der Waals surface area contributed by atoms with Gasteiger partial charge in [0.05, 0.1) is 24.0 Å². The maximum Gasteiger partial charge on any atom is 0.0670 e. The van der Waals surface area contributed by atoms with Gasteiger partial charge in [0.25, 0.3) is 0 Å². The molecular weight excluding hydrogens is 200 g/mol. The molecule has 86 valence electrons. The van der Waals surface area contributed by atoms with E-state index >= 15 is 0 Å². The maximum absolute atomic E-state index is 5.50. The molecule has 3 nitrogen and oxygen atoms in total. The summed E-state index contributed by atoms with van der Waals surface area (Å²) >= 11 is 0. The number of anilines is 2. The van der Waals surface area contributed by atoms with Gasteiger partial charge in [0.15, 0.2) is 0 Å². The lowest BCUT2D eigenvalue weighted by atomic mass is 10.1. The monoisotopic (exact) mass is 218 g/mol. The van der Waals surface area contributed by atoms with Gasteiger partial charge in [-0.15, -0.1) is 0 Å². The molecule has 1 aromatic carbocycles. The van der Waals surface area contributed by atoms with Crippen molar-refractivity contribution in [3.8, 4) is 0 Å². The van der Waals surface area contributed by atoms with Gasteiger partial charge in [-0.05, 0) is 25.0 Å². The minimum absolute atomic E-state index is 0.570. The van der Waals surface area contributed by atoms with E-state index in [4.69, 9.17) is 4.74 Å². The van der Waals surface area contributed by atoms with Crippen LogP contribution in [-0.2, 0) is 4.74 Å². The van der Waals surface area contributed by atoms with Gasteiger partial charge in [-0.2, -0.15) is 0 Å². The fourth-order valence-electron chi connectivity index (χ4n) is 2.61. The highest BCUT2D eigenvalue weighted by Crippen LogP contribution is 2.31. The van der Waals surface area contributed by atoms with Gasteiger partial charge in [0.2, 0.25) is 0 Å². The lowest BCUT2D eigenvalue weighted by Gasteiger charge is -2.29. The van der Waals surface area contributed by atoms with Gasteiger partial charge >= 0.3 is 0 Å². The number of hydrogen-bond donors (Lipinski definition) is 1. The molecule has 1 fully saturated rings. The SMILES string of the molecule is c1ccc2c(c1)NCCCN2C1CCOC1. The molecular formula is C13H18N2O. The van der Waals surface area contributed by atoms with Crippen LogP contribution in [0.15, 0.2) is 24.3 Å². The van der Waals surface area contributed by atoms with Crippen LogP contribution in [0.25, 0.3) is 0 Å². The summed E-state index contributed by atoms with van der Waals surface area (Å²) in [7, 11) is 0. The van der Waals surface area contributed by atoms with Crippen LogP contribution in [0.5, 0.6) is 0 Å². The first kappa shape index (κ1) is 9.97. The second-order valence-corrected chi connectivity index (χ2v) is 4.51. The Morgan fingerprint density at radius 3 is 3.12 bits per heavy atom. The zero-order valence-electron chi connectivity index (χ0n) is 9.48. The number of ether oxygens (including phenoxy) is 1. The molecule has 0 aliphatic carbocycles. The summed E-state index contributed by atoms with van der Waals surface area (Å²) in [5, 5.41) is 3.50. The average Bonchev–Trinajstić information content (AvgIpc) is 2.76. The highest BCUT2D eigenvalue weighted by molar-refractivity contribution is 5.71. The quantitative estimate of drug-likeness (QED) is 0.781. The lowest BCUT2D eigenvalue weighted by Crippen LogP contribution is -2.36. The van der Waals surface area contributed by atoms with Crippen LogP contribution >= 0.6 is 0 Å². The zero-order chi connectivity index (χ0) is 10.8. The largest absolute Gasteiger partial charge is 0.383 e. The summed E-state index contributed by atoms with van der Waals surface area (Å²) < 4.78 is 5.50. The first-order valence-corrected chi connectivity index (χ1v) is 6.12. The van der Waals surface area contributed by atoms with Crippen LogP contribution in [0.4, 0.5) is 11.4 Å². The fraction of sp³-hybridized carbons (Fsp3) is 0.538. The summed E-state index contributed by atoms with van der Waals surface area (Å²) in [5.41, 5.74) is 2.61. The van der Waals surface area contributed by atoms with Gasteiger partial charge < -0.3 is 15.0 Å². The summed E-state index contributed by atoms with van der Waals surface area (Å²) in [6.45, 7) is 4.00. The molecule has 0 radical (unpaired) electrons. The molecule has 0 aromatic heterocycles. The summed E-state index contributed by atoms with van der Waals surface area (Å²) in [6.07, 6.45) is 2.36. The van der Waals surface area contributed by atoms with E-state index in [1.54, 1.807) is 0 Å². The van der Waals surface area contributed by atoms with Crippen molar-refractivity contribution in [2.24, 2.45) is 0 Å². The molecule has 2 heterocycles. The van der Waals surface area contributed by atoms with Gasteiger partial charge in [-0.3, -0.25) is 0 Å². The Labute approximate surface area is 96.4 Å². The van der Waals surface area contributed by atoms with Crippen LogP contribution in [0.3, 0.4) is 0 Å². The van der Waals surface area contributed by atoms with Crippen molar-refractivity contribution < 1.29 is 4.74 Å². The van der Waals surface area contributed by atoms with Crippen LogP contribution in [0.1, 0.15) is 12.8 Å². The molecule has 1 N–H and O–H groups in total. The Morgan fingerprint density at radius 1 is 1.31 bits per heavy atom. The van der Waals surface area contributed by atoms with Crippen molar-refractivity contribution in [1.82, 2.24) is 0 Å². The molecule has 0 spiro atoms. The van der Waals surface area contributed by atoms with Crippen molar-refractivity contribution in [3.63, 3.8) is 0 Å². The molecule has 1 aromatic rings. The Hall–Kier alpha value is -1.22. The van der Waals surface area contributed by atoms with Crippen molar-refractivity contribution in [2.45, 2.75) is 18.9 Å². The summed E-state index contributed by atoms with van der Waals surface area (Å²) in [5.74, 6) is 0. The molecule has 0 amide bonds. The smallest absolute Gasteiger partial charge is 0.0670 e. The number of rotatable bonds is 1. The van der Waals surface area contributed by atoms with E-state index in [1.165, 1.54) is 17.8 Å². The molecule has 3 heteroatoms. The molecule has 1 atom stereocenters. The number of nitrogens with zero attached hydrogens (tertiary/aromatic N) is 1. The Kier molecular flexibility index (Phi) is 2.70. The molecule has 0 bridgehead atoms. The Bertz CT molecular complexity index is 361. The van der Waals surface area contributed by atoms with Gasteiger partial charge in [0.1, 0.15) is 0 Å². The van der Waals surface area contributed by atoms with E-state index < -0.39 is 0 Å². The second-order valence-electron chi connectivity index (χ2n) is 4.51. The third-order valence-electron chi connectivity index (χ3n) is 3.45. The number of para-hydroxylation sites is 2. The minimum Gasteiger partial charge on any atom is -0.383 e. The van der Waals surface area contributed by atoms with E-state index in [9.17, 15) is 0 Å². The highest BCUT2D eigenvalue weighted by atomic mass is 16.5. The molecule has 0 saturated carbocycles. The standard InChI is InChI=1S/C13H18N2O/c1-2-5-13-12(4-1)14-7-3-8-15(13)11-6-9-16-10-11/h1-2,4-5,11,14H,3,6-10H2. The molecule has 1 saturated heterocycles. The van der Waals surface area contributed by atoms with E-state index in [0.717, 1.165) is 32.7 Å². The first-order valence-electron chi connectivity index (χ1n) is 6.12. The topological polar surface area (TPSA) is 24.5 Å². The zero-order valence-corrected chi connectivity index (χ0v) is 9.48. The third-order valence-corrected chi connectivity index (χ3v) is 3.45. The van der Waals surface area contributed by atoms with Gasteiger partial charge in [-0.1, -0.05) is 12.1 Å². The Balaban J connectivity index is 1.92. The molecule has 2 aliphatic rings. The average molecular weight is 218 g/mol. The minimum atomic E-state index is 0.570. The van der Waals surface area contributed by atoms with E-state index in [1.807, 2.05) is 0 Å². The molecule has 3 rings (SSSR count). The normalized spacial score (nSPS) is 24.8. The van der Waals surface area contributed by atoms with Crippen LogP contribution < -0.4 is 10.2 Å². The van der Waals surface area contributed by atoms with Gasteiger partial charge in [-0.25, -0.2) is 0 Å². The molecule has 1 unspecified atom stereocenters. The fourth-order valence-corrected chi connectivity index (χ4v) is 2.61. The first-order chi connectivity index (χ1) is 7.95. The van der Waals surface area contributed by atoms with E-state index in [0.29, 0.717) is 6.04 Å². The van der Waals surface area contributed by atoms with Crippen LogP contribution in [-0.4, -0.2) is 32.3 Å². The van der Waals surface area contributed by atoms with E-state index in [-0.39, 0.29) is 0 Å². The van der Waals surface area contributed by atoms with Crippen LogP contribution in [0.2, 0.25) is 0 Å². The number of fused-ring (bicyclic) bond motifs is 1. The summed E-state index contributed by atoms with van der Waals surface area (Å²) in [4.78, 5) is 2.52.